The van der Waals surface area contributed by atoms with E-state index in [1.807, 2.05) is 6.07 Å². The monoisotopic (exact) mass is 356 g/mol. The number of nitro groups is 1. The summed E-state index contributed by atoms with van der Waals surface area (Å²) >= 11 is 0. The molecule has 0 fully saturated rings. The molecule has 26 heavy (non-hydrogen) atoms. The van der Waals surface area contributed by atoms with Crippen molar-refractivity contribution in [2.45, 2.75) is 6.92 Å². The van der Waals surface area contributed by atoms with Crippen molar-refractivity contribution in [2.24, 2.45) is 0 Å². The zero-order valence-corrected chi connectivity index (χ0v) is 14.1. The molecule has 0 saturated carbocycles. The molecule has 0 radical (unpaired) electrons. The first-order valence-corrected chi connectivity index (χ1v) is 7.78. The Morgan fingerprint density at radius 2 is 2.08 bits per heavy atom. The van der Waals surface area contributed by atoms with Gasteiger partial charge in [0, 0.05) is 6.07 Å². The van der Waals surface area contributed by atoms with E-state index >= 15 is 0 Å². The Kier molecular flexibility index (Phi) is 4.70. The molecule has 3 rings (SSSR count). The molecule has 1 N–H and O–H groups in total. The molecule has 0 aliphatic heterocycles. The number of imidazole rings is 1. The molecule has 0 unspecified atom stereocenters. The van der Waals surface area contributed by atoms with E-state index in [9.17, 15) is 14.9 Å². The van der Waals surface area contributed by atoms with Crippen LogP contribution >= 0.6 is 0 Å². The summed E-state index contributed by atoms with van der Waals surface area (Å²) < 4.78 is 11.7. The number of carbonyl (C=O) groups is 1. The molecular formula is C17H16N4O5. The van der Waals surface area contributed by atoms with Crippen LogP contribution < -0.4 is 10.1 Å². The number of hydrogen-bond donors (Lipinski definition) is 1. The summed E-state index contributed by atoms with van der Waals surface area (Å²) in [5, 5.41) is 14.1. The number of nitrogens with zero attached hydrogens (tertiary/aromatic N) is 3. The maximum Gasteiger partial charge on any atom is 0.359 e. The minimum Gasteiger partial charge on any atom is -0.495 e. The fourth-order valence-corrected chi connectivity index (χ4v) is 2.50. The fraction of sp³-hybridized carbons (Fsp3) is 0.176. The van der Waals surface area contributed by atoms with Crippen molar-refractivity contribution in [3.05, 3.63) is 58.4 Å². The van der Waals surface area contributed by atoms with Crippen LogP contribution in [0.4, 0.5) is 17.2 Å². The number of nitrogens with one attached hydrogen (secondary N) is 1. The van der Waals surface area contributed by atoms with Gasteiger partial charge in [-0.1, -0.05) is 12.1 Å². The third kappa shape index (κ3) is 3.14. The molecule has 0 amide bonds. The normalized spacial score (nSPS) is 10.5. The first-order valence-electron chi connectivity index (χ1n) is 7.78. The highest BCUT2D eigenvalue weighted by Crippen LogP contribution is 2.30. The predicted octanol–water partition coefficient (Wildman–Crippen LogP) is 3.17. The van der Waals surface area contributed by atoms with Crippen LogP contribution in [0, 0.1) is 10.1 Å². The third-order valence-electron chi connectivity index (χ3n) is 3.64. The first-order chi connectivity index (χ1) is 12.5. The standard InChI is InChI=1S/C17H16N4O5/c1-3-26-17(22)15-16(18-12-6-4-5-7-13(12)25-2)19-14-9-8-11(21(23)24)10-20(14)15/h4-10,18H,3H2,1-2H3. The van der Waals surface area contributed by atoms with E-state index in [-0.39, 0.29) is 23.8 Å². The average Bonchev–Trinajstić information content (AvgIpc) is 2.99. The number of methoxy groups -OCH3 is 1. The molecule has 2 heterocycles. The Hall–Kier alpha value is -3.62. The first kappa shape index (κ1) is 17.2. The number of esters is 1. The van der Waals surface area contributed by atoms with E-state index < -0.39 is 10.9 Å². The molecule has 9 heteroatoms. The zero-order chi connectivity index (χ0) is 18.7. The second-order valence-electron chi connectivity index (χ2n) is 5.23. The fourth-order valence-electron chi connectivity index (χ4n) is 2.50. The SMILES string of the molecule is CCOC(=O)c1c(Nc2ccccc2OC)nc2ccc([N+](=O)[O-])cn12. The number of fused-ring (bicyclic) bond motifs is 1. The highest BCUT2D eigenvalue weighted by Gasteiger charge is 2.23. The van der Waals surface area contributed by atoms with Crippen LogP contribution in [0.1, 0.15) is 17.4 Å². The molecule has 0 spiro atoms. The number of pyridine rings is 1. The molecule has 0 bridgehead atoms. The van der Waals surface area contributed by atoms with Gasteiger partial charge in [-0.05, 0) is 25.1 Å². The quantitative estimate of drug-likeness (QED) is 0.410. The Morgan fingerprint density at radius 3 is 2.77 bits per heavy atom. The van der Waals surface area contributed by atoms with Gasteiger partial charge in [0.25, 0.3) is 5.69 Å². The lowest BCUT2D eigenvalue weighted by Crippen LogP contribution is -2.11. The van der Waals surface area contributed by atoms with Gasteiger partial charge < -0.3 is 14.8 Å². The second-order valence-corrected chi connectivity index (χ2v) is 5.23. The minimum absolute atomic E-state index is 0.0662. The van der Waals surface area contributed by atoms with Gasteiger partial charge in [-0.25, -0.2) is 9.78 Å². The second kappa shape index (κ2) is 7.09. The maximum absolute atomic E-state index is 12.4. The number of aromatic nitrogens is 2. The Labute approximate surface area is 148 Å². The van der Waals surface area contributed by atoms with E-state index in [0.29, 0.717) is 17.1 Å². The lowest BCUT2D eigenvalue weighted by molar-refractivity contribution is -0.385. The molecule has 3 aromatic rings. The molecule has 0 aliphatic carbocycles. The number of rotatable bonds is 6. The molecule has 1 aromatic carbocycles. The minimum atomic E-state index is -0.641. The lowest BCUT2D eigenvalue weighted by atomic mass is 10.3. The van der Waals surface area contributed by atoms with Crippen LogP contribution in [0.25, 0.3) is 5.65 Å². The van der Waals surface area contributed by atoms with Gasteiger partial charge in [0.05, 0.1) is 30.5 Å². The van der Waals surface area contributed by atoms with Crippen molar-refractivity contribution in [3.8, 4) is 5.75 Å². The molecular weight excluding hydrogens is 340 g/mol. The van der Waals surface area contributed by atoms with Crippen molar-refractivity contribution < 1.29 is 19.2 Å². The van der Waals surface area contributed by atoms with Gasteiger partial charge in [0.15, 0.2) is 11.5 Å². The average molecular weight is 356 g/mol. The van der Waals surface area contributed by atoms with Crippen molar-refractivity contribution in [2.75, 3.05) is 19.0 Å². The van der Waals surface area contributed by atoms with Gasteiger partial charge in [-0.2, -0.15) is 0 Å². The summed E-state index contributed by atoms with van der Waals surface area (Å²) in [6.45, 7) is 1.84. The largest absolute Gasteiger partial charge is 0.495 e. The maximum atomic E-state index is 12.4. The van der Waals surface area contributed by atoms with Crippen LogP contribution in [0.3, 0.4) is 0 Å². The highest BCUT2D eigenvalue weighted by atomic mass is 16.6. The summed E-state index contributed by atoms with van der Waals surface area (Å²) in [5.41, 5.74) is 0.871. The smallest absolute Gasteiger partial charge is 0.359 e. The summed E-state index contributed by atoms with van der Waals surface area (Å²) in [6.07, 6.45) is 1.24. The van der Waals surface area contributed by atoms with Crippen molar-refractivity contribution in [1.29, 1.82) is 0 Å². The van der Waals surface area contributed by atoms with Crippen molar-refractivity contribution in [1.82, 2.24) is 9.38 Å². The van der Waals surface area contributed by atoms with E-state index in [2.05, 4.69) is 10.3 Å². The molecule has 9 nitrogen and oxygen atoms in total. The number of hydrogen-bond acceptors (Lipinski definition) is 7. The van der Waals surface area contributed by atoms with Crippen LogP contribution in [-0.4, -0.2) is 34.0 Å². The molecule has 0 aliphatic rings. The summed E-state index contributed by atoms with van der Waals surface area (Å²) in [7, 11) is 1.53. The van der Waals surface area contributed by atoms with E-state index in [1.54, 1.807) is 25.1 Å². The van der Waals surface area contributed by atoms with E-state index in [0.717, 1.165) is 0 Å². The molecule has 2 aromatic heterocycles. The lowest BCUT2D eigenvalue weighted by Gasteiger charge is -2.10. The van der Waals surface area contributed by atoms with Gasteiger partial charge in [-0.15, -0.1) is 0 Å². The van der Waals surface area contributed by atoms with Gasteiger partial charge >= 0.3 is 5.97 Å². The number of carbonyl (C=O) groups excluding carboxylic acids is 1. The number of benzene rings is 1. The van der Waals surface area contributed by atoms with Crippen LogP contribution in [0.2, 0.25) is 0 Å². The molecule has 0 saturated heterocycles. The number of para-hydroxylation sites is 2. The Bertz CT molecular complexity index is 982. The van der Waals surface area contributed by atoms with E-state index in [4.69, 9.17) is 9.47 Å². The van der Waals surface area contributed by atoms with Crippen molar-refractivity contribution in [3.63, 3.8) is 0 Å². The number of anilines is 2. The van der Waals surface area contributed by atoms with Gasteiger partial charge in [0.2, 0.25) is 0 Å². The predicted molar refractivity (Wildman–Crippen MR) is 94.1 cm³/mol. The number of ether oxygens (including phenoxy) is 2. The van der Waals surface area contributed by atoms with Gasteiger partial charge in [-0.3, -0.25) is 14.5 Å². The van der Waals surface area contributed by atoms with E-state index in [1.165, 1.54) is 29.8 Å². The van der Waals surface area contributed by atoms with Gasteiger partial charge in [0.1, 0.15) is 11.4 Å². The van der Waals surface area contributed by atoms with Crippen LogP contribution in [0.5, 0.6) is 5.75 Å². The molecule has 134 valence electrons. The summed E-state index contributed by atoms with van der Waals surface area (Å²) in [4.78, 5) is 27.3. The Morgan fingerprint density at radius 1 is 1.31 bits per heavy atom. The van der Waals surface area contributed by atoms with Crippen molar-refractivity contribution >= 4 is 28.8 Å². The van der Waals surface area contributed by atoms with Crippen LogP contribution in [0.15, 0.2) is 42.6 Å². The topological polar surface area (TPSA) is 108 Å². The molecule has 0 atom stereocenters. The Balaban J connectivity index is 2.15. The summed E-state index contributed by atoms with van der Waals surface area (Å²) in [6, 6.07) is 9.92. The third-order valence-corrected chi connectivity index (χ3v) is 3.64. The highest BCUT2D eigenvalue weighted by molar-refractivity contribution is 5.95. The summed E-state index contributed by atoms with van der Waals surface area (Å²) in [5.74, 6) is 0.136. The zero-order valence-electron chi connectivity index (χ0n) is 14.1. The van der Waals surface area contributed by atoms with Crippen LogP contribution in [-0.2, 0) is 4.74 Å².